The van der Waals surface area contributed by atoms with Crippen molar-refractivity contribution in [2.24, 2.45) is 0 Å². The molecule has 2 heterocycles. The maximum atomic E-state index is 8.63. The molecule has 0 aromatic carbocycles. The van der Waals surface area contributed by atoms with E-state index in [9.17, 15) is 0 Å². The van der Waals surface area contributed by atoms with Gasteiger partial charge in [-0.15, -0.1) is 11.3 Å². The molecule has 84 valence electrons. The summed E-state index contributed by atoms with van der Waals surface area (Å²) in [6.07, 6.45) is 3.46. The largest absolute Gasteiger partial charge is 0.395 e. The lowest BCUT2D eigenvalue weighted by atomic mass is 10.3. The van der Waals surface area contributed by atoms with Crippen molar-refractivity contribution in [2.75, 3.05) is 18.5 Å². The number of hydrogen-bond donors (Lipinski definition) is 2. The van der Waals surface area contributed by atoms with Gasteiger partial charge in [-0.3, -0.25) is 0 Å². The highest BCUT2D eigenvalue weighted by atomic mass is 35.5. The first-order chi connectivity index (χ1) is 7.79. The fourth-order valence-corrected chi connectivity index (χ4v) is 2.20. The second-order valence-electron chi connectivity index (χ2n) is 3.05. The zero-order chi connectivity index (χ0) is 11.4. The minimum absolute atomic E-state index is 0.0612. The first-order valence-corrected chi connectivity index (χ1v) is 5.91. The highest BCUT2D eigenvalue weighted by Crippen LogP contribution is 2.30. The number of halogens is 1. The van der Waals surface area contributed by atoms with Crippen LogP contribution in [0.1, 0.15) is 0 Å². The predicted molar refractivity (Wildman–Crippen MR) is 65.9 cm³/mol. The number of aliphatic hydroxyl groups is 1. The van der Waals surface area contributed by atoms with Gasteiger partial charge in [0.2, 0.25) is 5.95 Å². The fourth-order valence-electron chi connectivity index (χ4n) is 1.18. The summed E-state index contributed by atoms with van der Waals surface area (Å²) in [5.41, 5.74) is 0.937. The molecule has 0 radical (unpaired) electrons. The van der Waals surface area contributed by atoms with E-state index in [4.69, 9.17) is 16.7 Å². The molecule has 0 saturated carbocycles. The number of nitrogens with one attached hydrogen (secondary N) is 1. The van der Waals surface area contributed by atoms with E-state index in [1.54, 1.807) is 12.4 Å². The third kappa shape index (κ3) is 2.69. The molecular formula is C10H10ClN3OS. The highest BCUT2D eigenvalue weighted by Gasteiger charge is 2.03. The Morgan fingerprint density at radius 1 is 1.31 bits per heavy atom. The van der Waals surface area contributed by atoms with Crippen molar-refractivity contribution >= 4 is 28.9 Å². The summed E-state index contributed by atoms with van der Waals surface area (Å²) >= 11 is 7.34. The van der Waals surface area contributed by atoms with Crippen molar-refractivity contribution in [3.8, 4) is 10.4 Å². The Morgan fingerprint density at radius 3 is 2.62 bits per heavy atom. The number of rotatable bonds is 4. The Hall–Kier alpha value is -1.17. The van der Waals surface area contributed by atoms with Gasteiger partial charge in [-0.25, -0.2) is 9.97 Å². The van der Waals surface area contributed by atoms with Crippen LogP contribution < -0.4 is 5.32 Å². The van der Waals surface area contributed by atoms with Gasteiger partial charge in [0.05, 0.1) is 10.9 Å². The van der Waals surface area contributed by atoms with E-state index >= 15 is 0 Å². The molecule has 2 rings (SSSR count). The number of aliphatic hydroxyl groups excluding tert-OH is 1. The topological polar surface area (TPSA) is 58.0 Å². The van der Waals surface area contributed by atoms with Crippen molar-refractivity contribution in [2.45, 2.75) is 0 Å². The zero-order valence-corrected chi connectivity index (χ0v) is 9.92. The summed E-state index contributed by atoms with van der Waals surface area (Å²) in [5.74, 6) is 0.514. The summed E-state index contributed by atoms with van der Waals surface area (Å²) in [7, 11) is 0. The van der Waals surface area contributed by atoms with Crippen LogP contribution in [0.25, 0.3) is 10.4 Å². The van der Waals surface area contributed by atoms with Crippen LogP contribution in [0.3, 0.4) is 0 Å². The number of aromatic nitrogens is 2. The third-order valence-corrected chi connectivity index (χ3v) is 3.18. The van der Waals surface area contributed by atoms with Gasteiger partial charge in [-0.05, 0) is 12.1 Å². The van der Waals surface area contributed by atoms with Crippen molar-refractivity contribution in [1.29, 1.82) is 0 Å². The number of anilines is 1. The SMILES string of the molecule is OCCNc1ncc(-c2ccc(Cl)s2)cn1. The van der Waals surface area contributed by atoms with Gasteiger partial charge < -0.3 is 10.4 Å². The van der Waals surface area contributed by atoms with E-state index in [0.717, 1.165) is 14.8 Å². The normalized spacial score (nSPS) is 10.4. The molecule has 0 saturated heterocycles. The zero-order valence-electron chi connectivity index (χ0n) is 8.35. The Kier molecular flexibility index (Phi) is 3.71. The van der Waals surface area contributed by atoms with E-state index < -0.39 is 0 Å². The summed E-state index contributed by atoms with van der Waals surface area (Å²) in [5, 5.41) is 11.5. The van der Waals surface area contributed by atoms with Gasteiger partial charge in [-0.2, -0.15) is 0 Å². The Morgan fingerprint density at radius 2 is 2.06 bits per heavy atom. The third-order valence-electron chi connectivity index (χ3n) is 1.90. The van der Waals surface area contributed by atoms with Crippen LogP contribution >= 0.6 is 22.9 Å². The van der Waals surface area contributed by atoms with Crippen LogP contribution in [0, 0.1) is 0 Å². The summed E-state index contributed by atoms with van der Waals surface area (Å²) < 4.78 is 0.748. The molecule has 4 nitrogen and oxygen atoms in total. The van der Waals surface area contributed by atoms with Crippen LogP contribution in [0.15, 0.2) is 24.5 Å². The molecule has 0 amide bonds. The van der Waals surface area contributed by atoms with Crippen molar-refractivity contribution in [3.63, 3.8) is 0 Å². The van der Waals surface area contributed by atoms with E-state index in [1.807, 2.05) is 12.1 Å². The molecule has 0 aliphatic rings. The molecule has 2 aromatic heterocycles. The smallest absolute Gasteiger partial charge is 0.222 e. The highest BCUT2D eigenvalue weighted by molar-refractivity contribution is 7.19. The van der Waals surface area contributed by atoms with Crippen molar-refractivity contribution in [3.05, 3.63) is 28.9 Å². The minimum Gasteiger partial charge on any atom is -0.395 e. The monoisotopic (exact) mass is 255 g/mol. The number of thiophene rings is 1. The molecule has 0 fully saturated rings. The fraction of sp³-hybridized carbons (Fsp3) is 0.200. The summed E-state index contributed by atoms with van der Waals surface area (Å²) in [6, 6.07) is 3.78. The van der Waals surface area contributed by atoms with Gasteiger partial charge in [0.1, 0.15) is 0 Å². The molecule has 0 aliphatic carbocycles. The molecule has 16 heavy (non-hydrogen) atoms. The lowest BCUT2D eigenvalue weighted by Gasteiger charge is -2.02. The second-order valence-corrected chi connectivity index (χ2v) is 4.76. The molecule has 0 spiro atoms. The Bertz CT molecular complexity index is 457. The number of nitrogens with zero attached hydrogens (tertiary/aromatic N) is 2. The van der Waals surface area contributed by atoms with Crippen LogP contribution in [0.4, 0.5) is 5.95 Å². The van der Waals surface area contributed by atoms with Crippen molar-refractivity contribution in [1.82, 2.24) is 9.97 Å². The first-order valence-electron chi connectivity index (χ1n) is 4.72. The Balaban J connectivity index is 2.13. The van der Waals surface area contributed by atoms with Crippen LogP contribution in [0.2, 0.25) is 4.34 Å². The lowest BCUT2D eigenvalue weighted by molar-refractivity contribution is 0.311. The van der Waals surface area contributed by atoms with Crippen LogP contribution in [-0.4, -0.2) is 28.2 Å². The maximum absolute atomic E-state index is 8.63. The van der Waals surface area contributed by atoms with E-state index in [0.29, 0.717) is 12.5 Å². The first kappa shape index (κ1) is 11.3. The average Bonchev–Trinajstić information content (AvgIpc) is 2.74. The molecule has 0 unspecified atom stereocenters. The van der Waals surface area contributed by atoms with Crippen molar-refractivity contribution < 1.29 is 5.11 Å². The molecule has 2 aromatic rings. The molecule has 0 aliphatic heterocycles. The minimum atomic E-state index is 0.0612. The molecule has 6 heteroatoms. The standard InChI is InChI=1S/C10H10ClN3OS/c11-9-2-1-8(16-9)7-5-13-10(14-6-7)12-3-4-15/h1-2,5-6,15H,3-4H2,(H,12,13,14). The van der Waals surface area contributed by atoms with E-state index in [-0.39, 0.29) is 6.61 Å². The van der Waals surface area contributed by atoms with E-state index in [2.05, 4.69) is 15.3 Å². The predicted octanol–water partition coefficient (Wildman–Crippen LogP) is 2.26. The van der Waals surface area contributed by atoms with Gasteiger partial charge >= 0.3 is 0 Å². The van der Waals surface area contributed by atoms with Gasteiger partial charge in [-0.1, -0.05) is 11.6 Å². The van der Waals surface area contributed by atoms with Gasteiger partial charge in [0.15, 0.2) is 0 Å². The average molecular weight is 256 g/mol. The number of hydrogen-bond acceptors (Lipinski definition) is 5. The summed E-state index contributed by atoms with van der Waals surface area (Å²) in [6.45, 7) is 0.510. The second kappa shape index (κ2) is 5.25. The molecule has 0 bridgehead atoms. The maximum Gasteiger partial charge on any atom is 0.222 e. The Labute approximate surface area is 102 Å². The molecule has 0 atom stereocenters. The quantitative estimate of drug-likeness (QED) is 0.880. The van der Waals surface area contributed by atoms with E-state index in [1.165, 1.54) is 11.3 Å². The molecule has 2 N–H and O–H groups in total. The molecular weight excluding hydrogens is 246 g/mol. The van der Waals surface area contributed by atoms with Gasteiger partial charge in [0.25, 0.3) is 0 Å². The summed E-state index contributed by atoms with van der Waals surface area (Å²) in [4.78, 5) is 9.30. The van der Waals surface area contributed by atoms with Crippen LogP contribution in [-0.2, 0) is 0 Å². The lowest BCUT2D eigenvalue weighted by Crippen LogP contribution is -2.08. The van der Waals surface area contributed by atoms with Gasteiger partial charge in [0, 0.05) is 29.4 Å². The van der Waals surface area contributed by atoms with Crippen LogP contribution in [0.5, 0.6) is 0 Å².